The van der Waals surface area contributed by atoms with Crippen LogP contribution in [0.1, 0.15) is 12.5 Å². The van der Waals surface area contributed by atoms with Gasteiger partial charge in [0.25, 0.3) is 0 Å². The monoisotopic (exact) mass is 203 g/mol. The lowest BCUT2D eigenvalue weighted by Crippen LogP contribution is -2.37. The summed E-state index contributed by atoms with van der Waals surface area (Å²) in [4.78, 5) is 0. The first-order valence-corrected chi connectivity index (χ1v) is 4.21. The fourth-order valence-electron chi connectivity index (χ4n) is 1.03. The van der Waals surface area contributed by atoms with Crippen LogP contribution < -0.4 is 5.73 Å². The molecule has 0 fully saturated rings. The molecule has 0 aliphatic carbocycles. The molecule has 13 heavy (non-hydrogen) atoms. The average molecular weight is 204 g/mol. The van der Waals surface area contributed by atoms with Gasteiger partial charge in [-0.05, 0) is 13.0 Å². The number of hydrogen-bond donors (Lipinski definition) is 2. The van der Waals surface area contributed by atoms with Crippen molar-refractivity contribution in [3.05, 3.63) is 34.6 Å². The second-order valence-corrected chi connectivity index (χ2v) is 3.58. The van der Waals surface area contributed by atoms with Crippen LogP contribution in [0.25, 0.3) is 0 Å². The Bertz CT molecular complexity index is 314. The van der Waals surface area contributed by atoms with E-state index in [4.69, 9.17) is 22.4 Å². The van der Waals surface area contributed by atoms with Crippen molar-refractivity contribution in [1.29, 1.82) is 0 Å². The summed E-state index contributed by atoms with van der Waals surface area (Å²) in [5, 5.41) is 8.94. The second kappa shape index (κ2) is 3.62. The minimum Gasteiger partial charge on any atom is -0.394 e. The first-order valence-electron chi connectivity index (χ1n) is 3.83. The van der Waals surface area contributed by atoms with E-state index in [1.807, 2.05) is 0 Å². The standard InChI is InChI=1S/C9H11ClFNO/c1-9(12,5-13)6-3-2-4-7(10)8(6)11/h2-4,13H,5,12H2,1H3/t9-/m0/s1. The normalized spacial score (nSPS) is 15.5. The van der Waals surface area contributed by atoms with Gasteiger partial charge in [-0.15, -0.1) is 0 Å². The van der Waals surface area contributed by atoms with Gasteiger partial charge in [0.05, 0.1) is 17.2 Å². The van der Waals surface area contributed by atoms with Crippen molar-refractivity contribution in [2.75, 3.05) is 6.61 Å². The summed E-state index contributed by atoms with van der Waals surface area (Å²) in [5.74, 6) is -0.566. The molecular weight excluding hydrogens is 193 g/mol. The van der Waals surface area contributed by atoms with Crippen molar-refractivity contribution in [2.45, 2.75) is 12.5 Å². The number of aliphatic hydroxyl groups excluding tert-OH is 1. The van der Waals surface area contributed by atoms with Crippen molar-refractivity contribution in [3.63, 3.8) is 0 Å². The molecular formula is C9H11ClFNO. The van der Waals surface area contributed by atoms with Gasteiger partial charge < -0.3 is 10.8 Å². The number of halogens is 2. The summed E-state index contributed by atoms with van der Waals surface area (Å²) >= 11 is 5.56. The highest BCUT2D eigenvalue weighted by atomic mass is 35.5. The number of aliphatic hydroxyl groups is 1. The topological polar surface area (TPSA) is 46.2 Å². The number of nitrogens with two attached hydrogens (primary N) is 1. The summed E-state index contributed by atoms with van der Waals surface area (Å²) in [5.41, 5.74) is 4.79. The van der Waals surface area contributed by atoms with Gasteiger partial charge in [-0.2, -0.15) is 0 Å². The van der Waals surface area contributed by atoms with Crippen molar-refractivity contribution < 1.29 is 9.50 Å². The molecule has 0 unspecified atom stereocenters. The first-order chi connectivity index (χ1) is 5.99. The molecule has 72 valence electrons. The molecule has 1 atom stereocenters. The fraction of sp³-hybridized carbons (Fsp3) is 0.333. The molecule has 0 saturated carbocycles. The van der Waals surface area contributed by atoms with Crippen molar-refractivity contribution in [2.24, 2.45) is 5.73 Å². The third-order valence-electron chi connectivity index (χ3n) is 1.90. The number of hydrogen-bond acceptors (Lipinski definition) is 2. The van der Waals surface area contributed by atoms with E-state index in [9.17, 15) is 4.39 Å². The zero-order chi connectivity index (χ0) is 10.1. The molecule has 3 N–H and O–H groups in total. The highest BCUT2D eigenvalue weighted by Gasteiger charge is 2.24. The van der Waals surface area contributed by atoms with Gasteiger partial charge in [-0.3, -0.25) is 0 Å². The van der Waals surface area contributed by atoms with E-state index in [0.717, 1.165) is 0 Å². The van der Waals surface area contributed by atoms with Crippen LogP contribution in [0.2, 0.25) is 5.02 Å². The van der Waals surface area contributed by atoms with E-state index in [0.29, 0.717) is 0 Å². The van der Waals surface area contributed by atoms with E-state index >= 15 is 0 Å². The van der Waals surface area contributed by atoms with Gasteiger partial charge in [0.1, 0.15) is 5.82 Å². The van der Waals surface area contributed by atoms with Crippen LogP contribution in [0.5, 0.6) is 0 Å². The Morgan fingerprint density at radius 2 is 2.23 bits per heavy atom. The summed E-state index contributed by atoms with van der Waals surface area (Å²) in [7, 11) is 0. The lowest BCUT2D eigenvalue weighted by Gasteiger charge is -2.22. The molecule has 1 aromatic carbocycles. The Kier molecular flexibility index (Phi) is 2.91. The third-order valence-corrected chi connectivity index (χ3v) is 2.19. The Morgan fingerprint density at radius 3 is 2.77 bits per heavy atom. The minimum atomic E-state index is -1.09. The van der Waals surface area contributed by atoms with Gasteiger partial charge >= 0.3 is 0 Å². The first kappa shape index (κ1) is 10.4. The van der Waals surface area contributed by atoms with Crippen molar-refractivity contribution in [1.82, 2.24) is 0 Å². The molecule has 0 aliphatic rings. The predicted molar refractivity (Wildman–Crippen MR) is 50.0 cm³/mol. The molecule has 0 heterocycles. The molecule has 0 bridgehead atoms. The van der Waals surface area contributed by atoms with E-state index in [-0.39, 0.29) is 17.2 Å². The smallest absolute Gasteiger partial charge is 0.146 e. The van der Waals surface area contributed by atoms with Gasteiger partial charge in [0, 0.05) is 5.56 Å². The highest BCUT2D eigenvalue weighted by molar-refractivity contribution is 6.30. The summed E-state index contributed by atoms with van der Waals surface area (Å²) in [6, 6.07) is 4.55. The number of benzene rings is 1. The molecule has 2 nitrogen and oxygen atoms in total. The summed E-state index contributed by atoms with van der Waals surface area (Å²) in [6.45, 7) is 1.21. The van der Waals surface area contributed by atoms with Crippen LogP contribution in [-0.4, -0.2) is 11.7 Å². The molecule has 0 amide bonds. The molecule has 0 aromatic heterocycles. The quantitative estimate of drug-likeness (QED) is 0.768. The Morgan fingerprint density at radius 1 is 1.62 bits per heavy atom. The van der Waals surface area contributed by atoms with Crippen LogP contribution in [0.15, 0.2) is 18.2 Å². The molecule has 4 heteroatoms. The zero-order valence-corrected chi connectivity index (χ0v) is 7.98. The lowest BCUT2D eigenvalue weighted by molar-refractivity contribution is 0.206. The van der Waals surface area contributed by atoms with Crippen LogP contribution in [0, 0.1) is 5.82 Å². The average Bonchev–Trinajstić information content (AvgIpc) is 2.09. The van der Waals surface area contributed by atoms with E-state index in [2.05, 4.69) is 0 Å². The lowest BCUT2D eigenvalue weighted by atomic mass is 9.94. The Balaban J connectivity index is 3.22. The Labute approximate surface area is 81.1 Å². The largest absolute Gasteiger partial charge is 0.394 e. The molecule has 0 radical (unpaired) electrons. The molecule has 1 aromatic rings. The van der Waals surface area contributed by atoms with Gasteiger partial charge in [-0.25, -0.2) is 4.39 Å². The fourth-order valence-corrected chi connectivity index (χ4v) is 1.20. The second-order valence-electron chi connectivity index (χ2n) is 3.18. The van der Waals surface area contributed by atoms with E-state index in [1.54, 1.807) is 13.0 Å². The van der Waals surface area contributed by atoms with Crippen molar-refractivity contribution >= 4 is 11.6 Å². The highest BCUT2D eigenvalue weighted by Crippen LogP contribution is 2.25. The molecule has 0 spiro atoms. The number of rotatable bonds is 2. The van der Waals surface area contributed by atoms with Crippen LogP contribution >= 0.6 is 11.6 Å². The third kappa shape index (κ3) is 1.99. The maximum absolute atomic E-state index is 13.4. The Hall–Kier alpha value is -0.640. The zero-order valence-electron chi connectivity index (χ0n) is 7.22. The maximum Gasteiger partial charge on any atom is 0.146 e. The summed E-state index contributed by atoms with van der Waals surface area (Å²) < 4.78 is 13.4. The van der Waals surface area contributed by atoms with E-state index < -0.39 is 11.4 Å². The molecule has 0 aliphatic heterocycles. The molecule has 1 rings (SSSR count). The van der Waals surface area contributed by atoms with Gasteiger partial charge in [-0.1, -0.05) is 23.7 Å². The molecule has 0 saturated heterocycles. The van der Waals surface area contributed by atoms with Crippen LogP contribution in [0.4, 0.5) is 4.39 Å². The summed E-state index contributed by atoms with van der Waals surface area (Å²) in [6.07, 6.45) is 0. The van der Waals surface area contributed by atoms with E-state index in [1.165, 1.54) is 12.1 Å². The maximum atomic E-state index is 13.4. The van der Waals surface area contributed by atoms with Gasteiger partial charge in [0.15, 0.2) is 0 Å². The predicted octanol–water partition coefficient (Wildman–Crippen LogP) is 1.65. The van der Waals surface area contributed by atoms with Crippen LogP contribution in [0.3, 0.4) is 0 Å². The minimum absolute atomic E-state index is 0.0163. The van der Waals surface area contributed by atoms with Crippen molar-refractivity contribution in [3.8, 4) is 0 Å². The van der Waals surface area contributed by atoms with Crippen LogP contribution in [-0.2, 0) is 5.54 Å². The SMILES string of the molecule is C[C@](N)(CO)c1cccc(Cl)c1F. The van der Waals surface area contributed by atoms with Gasteiger partial charge in [0.2, 0.25) is 0 Å².